The first-order valence-corrected chi connectivity index (χ1v) is 8.86. The average Bonchev–Trinajstić information content (AvgIpc) is 3.19. The average molecular weight is 278 g/mol. The molecular formula is C16H26N2S. The van der Waals surface area contributed by atoms with Gasteiger partial charge in [0.25, 0.3) is 0 Å². The highest BCUT2D eigenvalue weighted by Crippen LogP contribution is 2.49. The zero-order chi connectivity index (χ0) is 13.3. The van der Waals surface area contributed by atoms with Gasteiger partial charge in [-0.25, -0.2) is 4.98 Å². The second-order valence-corrected chi connectivity index (χ2v) is 7.21. The second-order valence-electron chi connectivity index (χ2n) is 6.12. The van der Waals surface area contributed by atoms with E-state index >= 15 is 0 Å². The summed E-state index contributed by atoms with van der Waals surface area (Å²) in [5.41, 5.74) is 1.61. The van der Waals surface area contributed by atoms with Crippen molar-refractivity contribution in [1.29, 1.82) is 0 Å². The van der Waals surface area contributed by atoms with Crippen LogP contribution in [0.4, 0.5) is 0 Å². The third-order valence-corrected chi connectivity index (χ3v) is 6.08. The summed E-state index contributed by atoms with van der Waals surface area (Å²) in [5, 5.41) is 5.27. The topological polar surface area (TPSA) is 24.9 Å². The molecule has 1 saturated carbocycles. The van der Waals surface area contributed by atoms with Crippen LogP contribution in [-0.4, -0.2) is 11.5 Å². The molecule has 1 aromatic heterocycles. The van der Waals surface area contributed by atoms with Crippen molar-refractivity contribution < 1.29 is 0 Å². The Morgan fingerprint density at radius 1 is 1.26 bits per heavy atom. The van der Waals surface area contributed by atoms with Crippen LogP contribution in [-0.2, 0) is 18.4 Å². The van der Waals surface area contributed by atoms with Crippen molar-refractivity contribution >= 4 is 11.3 Å². The van der Waals surface area contributed by atoms with E-state index in [2.05, 4.69) is 19.2 Å². The molecule has 2 aliphatic rings. The minimum atomic E-state index is 0.192. The number of nitrogens with one attached hydrogen (secondary N) is 1. The Bertz CT molecular complexity index is 412. The van der Waals surface area contributed by atoms with Gasteiger partial charge in [-0.1, -0.05) is 13.8 Å². The van der Waals surface area contributed by atoms with Gasteiger partial charge < -0.3 is 5.32 Å². The molecule has 1 fully saturated rings. The van der Waals surface area contributed by atoms with E-state index in [-0.39, 0.29) is 5.54 Å². The minimum absolute atomic E-state index is 0.192. The number of thiazole rings is 1. The van der Waals surface area contributed by atoms with Crippen molar-refractivity contribution in [3.05, 3.63) is 15.6 Å². The van der Waals surface area contributed by atoms with Crippen LogP contribution in [0, 0.1) is 5.92 Å². The Morgan fingerprint density at radius 3 is 2.68 bits per heavy atom. The Morgan fingerprint density at radius 2 is 2.05 bits per heavy atom. The van der Waals surface area contributed by atoms with E-state index < -0.39 is 0 Å². The number of aryl methyl sites for hydroxylation is 2. The lowest BCUT2D eigenvalue weighted by Crippen LogP contribution is -2.44. The molecule has 0 aliphatic heterocycles. The van der Waals surface area contributed by atoms with Gasteiger partial charge in [0, 0.05) is 4.88 Å². The van der Waals surface area contributed by atoms with Crippen molar-refractivity contribution in [2.24, 2.45) is 5.92 Å². The number of rotatable bonds is 6. The first kappa shape index (κ1) is 13.6. The molecule has 1 atom stereocenters. The van der Waals surface area contributed by atoms with Crippen molar-refractivity contribution in [3.63, 3.8) is 0 Å². The van der Waals surface area contributed by atoms with Gasteiger partial charge in [-0.15, -0.1) is 11.3 Å². The van der Waals surface area contributed by atoms with Gasteiger partial charge >= 0.3 is 0 Å². The third kappa shape index (κ3) is 2.47. The van der Waals surface area contributed by atoms with Crippen molar-refractivity contribution in [3.8, 4) is 0 Å². The van der Waals surface area contributed by atoms with E-state index in [4.69, 9.17) is 4.98 Å². The van der Waals surface area contributed by atoms with Gasteiger partial charge in [0.15, 0.2) is 0 Å². The number of aromatic nitrogens is 1. The molecular weight excluding hydrogens is 252 g/mol. The SMILES string of the molecule is CCCNC(CC)(c1nc2c(s1)CCCC2)C1CC1. The lowest BCUT2D eigenvalue weighted by molar-refractivity contribution is 0.275. The summed E-state index contributed by atoms with van der Waals surface area (Å²) in [5.74, 6) is 0.830. The summed E-state index contributed by atoms with van der Waals surface area (Å²) in [6.45, 7) is 5.71. The summed E-state index contributed by atoms with van der Waals surface area (Å²) in [4.78, 5) is 6.65. The summed E-state index contributed by atoms with van der Waals surface area (Å²) in [7, 11) is 0. The van der Waals surface area contributed by atoms with Crippen LogP contribution in [0.3, 0.4) is 0 Å². The molecule has 3 rings (SSSR count). The fraction of sp³-hybridized carbons (Fsp3) is 0.812. The van der Waals surface area contributed by atoms with Gasteiger partial charge in [0.2, 0.25) is 0 Å². The van der Waals surface area contributed by atoms with Crippen LogP contribution in [0.5, 0.6) is 0 Å². The van der Waals surface area contributed by atoms with Crippen LogP contribution in [0.1, 0.15) is 68.0 Å². The zero-order valence-corrected chi connectivity index (χ0v) is 13.1. The van der Waals surface area contributed by atoms with Gasteiger partial charge in [-0.3, -0.25) is 0 Å². The Kier molecular flexibility index (Phi) is 3.95. The second kappa shape index (κ2) is 5.53. The third-order valence-electron chi connectivity index (χ3n) is 4.75. The summed E-state index contributed by atoms with van der Waals surface area (Å²) < 4.78 is 0. The van der Waals surface area contributed by atoms with E-state index in [1.807, 2.05) is 11.3 Å². The fourth-order valence-corrected chi connectivity index (χ4v) is 4.89. The number of hydrogen-bond acceptors (Lipinski definition) is 3. The van der Waals surface area contributed by atoms with Gasteiger partial charge in [-0.05, 0) is 63.8 Å². The summed E-state index contributed by atoms with van der Waals surface area (Å²) >= 11 is 2.01. The molecule has 106 valence electrons. The Balaban J connectivity index is 1.91. The number of fused-ring (bicyclic) bond motifs is 1. The van der Waals surface area contributed by atoms with E-state index in [0.29, 0.717) is 0 Å². The van der Waals surface area contributed by atoms with Gasteiger partial charge in [-0.2, -0.15) is 0 Å². The summed E-state index contributed by atoms with van der Waals surface area (Å²) in [6.07, 6.45) is 10.3. The molecule has 0 saturated heterocycles. The maximum absolute atomic E-state index is 5.06. The van der Waals surface area contributed by atoms with E-state index in [9.17, 15) is 0 Å². The maximum atomic E-state index is 5.06. The molecule has 0 amide bonds. The van der Waals surface area contributed by atoms with Crippen LogP contribution in [0.2, 0.25) is 0 Å². The van der Waals surface area contributed by atoms with E-state index in [1.165, 1.54) is 62.1 Å². The quantitative estimate of drug-likeness (QED) is 0.849. The number of nitrogens with zero attached hydrogens (tertiary/aromatic N) is 1. The zero-order valence-electron chi connectivity index (χ0n) is 12.3. The van der Waals surface area contributed by atoms with Crippen molar-refractivity contribution in [2.45, 2.75) is 70.8 Å². The van der Waals surface area contributed by atoms with Crippen LogP contribution < -0.4 is 5.32 Å². The van der Waals surface area contributed by atoms with Crippen LogP contribution >= 0.6 is 11.3 Å². The highest BCUT2D eigenvalue weighted by molar-refractivity contribution is 7.11. The lowest BCUT2D eigenvalue weighted by atomic mass is 9.90. The Hall–Kier alpha value is -0.410. The predicted octanol–water partition coefficient (Wildman–Crippen LogP) is 4.04. The normalized spacial score (nSPS) is 22.0. The molecule has 0 spiro atoms. The van der Waals surface area contributed by atoms with E-state index in [1.54, 1.807) is 4.88 Å². The molecule has 0 bridgehead atoms. The van der Waals surface area contributed by atoms with Crippen molar-refractivity contribution in [1.82, 2.24) is 10.3 Å². The first-order valence-electron chi connectivity index (χ1n) is 8.04. The molecule has 1 N–H and O–H groups in total. The van der Waals surface area contributed by atoms with Crippen LogP contribution in [0.25, 0.3) is 0 Å². The smallest absolute Gasteiger partial charge is 0.114 e. The monoisotopic (exact) mass is 278 g/mol. The molecule has 1 heterocycles. The molecule has 3 heteroatoms. The van der Waals surface area contributed by atoms with Gasteiger partial charge in [0.1, 0.15) is 5.01 Å². The van der Waals surface area contributed by atoms with Crippen molar-refractivity contribution in [2.75, 3.05) is 6.54 Å². The molecule has 19 heavy (non-hydrogen) atoms. The maximum Gasteiger partial charge on any atom is 0.114 e. The fourth-order valence-electron chi connectivity index (χ4n) is 3.43. The molecule has 2 nitrogen and oxygen atoms in total. The highest BCUT2D eigenvalue weighted by atomic mass is 32.1. The minimum Gasteiger partial charge on any atom is -0.305 e. The Labute approximate surface area is 121 Å². The van der Waals surface area contributed by atoms with Gasteiger partial charge in [0.05, 0.1) is 11.2 Å². The molecule has 1 aromatic rings. The number of hydrogen-bond donors (Lipinski definition) is 1. The molecule has 1 unspecified atom stereocenters. The first-order chi connectivity index (χ1) is 9.30. The van der Waals surface area contributed by atoms with E-state index in [0.717, 1.165) is 12.5 Å². The molecule has 2 aliphatic carbocycles. The highest BCUT2D eigenvalue weighted by Gasteiger charge is 2.47. The molecule has 0 aromatic carbocycles. The summed E-state index contributed by atoms with van der Waals surface area (Å²) in [6, 6.07) is 0. The molecule has 0 radical (unpaired) electrons. The largest absolute Gasteiger partial charge is 0.305 e. The predicted molar refractivity (Wildman–Crippen MR) is 81.7 cm³/mol. The lowest BCUT2D eigenvalue weighted by Gasteiger charge is -2.32. The van der Waals surface area contributed by atoms with Crippen LogP contribution in [0.15, 0.2) is 0 Å². The standard InChI is InChI=1S/C16H26N2S/c1-3-11-17-16(4-2,12-9-10-12)15-18-13-7-5-6-8-14(13)19-15/h12,17H,3-11H2,1-2H3.